The average molecular weight is 270 g/mol. The van der Waals surface area contributed by atoms with Gasteiger partial charge in [-0.05, 0) is 28.7 Å². The third-order valence-corrected chi connectivity index (χ3v) is 3.26. The van der Waals surface area contributed by atoms with Crippen molar-refractivity contribution >= 4 is 0 Å². The summed E-state index contributed by atoms with van der Waals surface area (Å²) in [7, 11) is 0. The third kappa shape index (κ3) is 3.84. The van der Waals surface area contributed by atoms with Crippen LogP contribution in [0, 0.1) is 5.41 Å². The average Bonchev–Trinajstić information content (AvgIpc) is 2.45. The zero-order valence-electron chi connectivity index (χ0n) is 12.3. The van der Waals surface area contributed by atoms with Crippen molar-refractivity contribution < 1.29 is 9.84 Å². The molecule has 0 amide bonds. The number of aliphatic hydroxyl groups is 1. The molecule has 2 rings (SSSR count). The Hall–Kier alpha value is -1.80. The van der Waals surface area contributed by atoms with Crippen molar-refractivity contribution in [1.29, 1.82) is 0 Å². The highest BCUT2D eigenvalue weighted by Crippen LogP contribution is 2.33. The highest BCUT2D eigenvalue weighted by molar-refractivity contribution is 5.29. The van der Waals surface area contributed by atoms with Crippen LogP contribution in [0.5, 0.6) is 5.75 Å². The van der Waals surface area contributed by atoms with Crippen molar-refractivity contribution in [3.63, 3.8) is 0 Å². The maximum absolute atomic E-state index is 10.2. The molecule has 1 atom stereocenters. The van der Waals surface area contributed by atoms with Crippen LogP contribution in [0.25, 0.3) is 0 Å². The smallest absolute Gasteiger partial charge is 0.119 e. The first-order chi connectivity index (χ1) is 9.47. The van der Waals surface area contributed by atoms with E-state index in [2.05, 4.69) is 0 Å². The lowest BCUT2D eigenvalue weighted by Crippen LogP contribution is -2.17. The molecule has 2 aromatic rings. The topological polar surface area (TPSA) is 29.5 Å². The molecule has 0 aliphatic carbocycles. The van der Waals surface area contributed by atoms with E-state index in [1.54, 1.807) is 0 Å². The first-order valence-corrected chi connectivity index (χ1v) is 6.91. The Morgan fingerprint density at radius 1 is 0.950 bits per heavy atom. The van der Waals surface area contributed by atoms with Crippen molar-refractivity contribution in [3.05, 3.63) is 65.7 Å². The normalized spacial score (nSPS) is 13.0. The molecule has 0 spiro atoms. The van der Waals surface area contributed by atoms with Gasteiger partial charge in [-0.3, -0.25) is 0 Å². The Morgan fingerprint density at radius 3 is 2.10 bits per heavy atom. The molecular formula is C18H22O2. The number of benzene rings is 2. The molecule has 1 unspecified atom stereocenters. The zero-order valence-corrected chi connectivity index (χ0v) is 12.3. The molecule has 2 heteroatoms. The quantitative estimate of drug-likeness (QED) is 0.895. The van der Waals surface area contributed by atoms with E-state index >= 15 is 0 Å². The molecule has 106 valence electrons. The van der Waals surface area contributed by atoms with Crippen molar-refractivity contribution in [2.45, 2.75) is 33.5 Å². The van der Waals surface area contributed by atoms with Crippen LogP contribution in [0.4, 0.5) is 0 Å². The third-order valence-electron chi connectivity index (χ3n) is 3.26. The van der Waals surface area contributed by atoms with Crippen LogP contribution in [-0.2, 0) is 6.61 Å². The first-order valence-electron chi connectivity index (χ1n) is 6.91. The highest BCUT2D eigenvalue weighted by Gasteiger charge is 2.23. The summed E-state index contributed by atoms with van der Waals surface area (Å²) in [5.41, 5.74) is 1.91. The highest BCUT2D eigenvalue weighted by atomic mass is 16.5. The van der Waals surface area contributed by atoms with Crippen LogP contribution >= 0.6 is 0 Å². The van der Waals surface area contributed by atoms with Crippen LogP contribution in [0.1, 0.15) is 38.0 Å². The van der Waals surface area contributed by atoms with Gasteiger partial charge in [0.1, 0.15) is 12.4 Å². The van der Waals surface area contributed by atoms with Crippen molar-refractivity contribution in [2.75, 3.05) is 0 Å². The van der Waals surface area contributed by atoms with Gasteiger partial charge < -0.3 is 9.84 Å². The fraction of sp³-hybridized carbons (Fsp3) is 0.333. The van der Waals surface area contributed by atoms with Gasteiger partial charge in [-0.2, -0.15) is 0 Å². The lowest BCUT2D eigenvalue weighted by atomic mass is 9.85. The molecule has 2 nitrogen and oxygen atoms in total. The maximum Gasteiger partial charge on any atom is 0.119 e. The Labute approximate surface area is 121 Å². The van der Waals surface area contributed by atoms with Crippen molar-refractivity contribution in [2.24, 2.45) is 5.41 Å². The molecule has 0 bridgehead atoms. The Bertz CT molecular complexity index is 524. The van der Waals surface area contributed by atoms with Gasteiger partial charge in [0, 0.05) is 0 Å². The van der Waals surface area contributed by atoms with Gasteiger partial charge >= 0.3 is 0 Å². The van der Waals surface area contributed by atoms with Gasteiger partial charge in [0.2, 0.25) is 0 Å². The summed E-state index contributed by atoms with van der Waals surface area (Å²) in [5.74, 6) is 0.818. The summed E-state index contributed by atoms with van der Waals surface area (Å²) in [5, 5.41) is 10.2. The Balaban J connectivity index is 1.98. The van der Waals surface area contributed by atoms with E-state index in [0.29, 0.717) is 6.61 Å². The van der Waals surface area contributed by atoms with Gasteiger partial charge in [-0.25, -0.2) is 0 Å². The number of ether oxygens (including phenoxy) is 1. The van der Waals surface area contributed by atoms with Crippen molar-refractivity contribution in [1.82, 2.24) is 0 Å². The van der Waals surface area contributed by atoms with Crippen LogP contribution < -0.4 is 4.74 Å². The van der Waals surface area contributed by atoms with E-state index in [4.69, 9.17) is 4.74 Å². The summed E-state index contributed by atoms with van der Waals surface area (Å²) >= 11 is 0. The van der Waals surface area contributed by atoms with E-state index in [1.165, 1.54) is 0 Å². The van der Waals surface area contributed by atoms with E-state index in [0.717, 1.165) is 16.9 Å². The fourth-order valence-electron chi connectivity index (χ4n) is 1.99. The Kier molecular flexibility index (Phi) is 4.46. The summed E-state index contributed by atoms with van der Waals surface area (Å²) < 4.78 is 5.73. The summed E-state index contributed by atoms with van der Waals surface area (Å²) in [6.45, 7) is 6.63. The fourth-order valence-corrected chi connectivity index (χ4v) is 1.99. The minimum Gasteiger partial charge on any atom is -0.489 e. The predicted molar refractivity (Wildman–Crippen MR) is 81.6 cm³/mol. The lowest BCUT2D eigenvalue weighted by molar-refractivity contribution is 0.0626. The van der Waals surface area contributed by atoms with E-state index < -0.39 is 6.10 Å². The molecule has 0 saturated carbocycles. The van der Waals surface area contributed by atoms with Crippen LogP contribution in [-0.4, -0.2) is 5.11 Å². The standard InChI is InChI=1S/C18H22O2/c1-18(2,3)17(19)15-9-11-16(12-10-15)20-13-14-7-5-4-6-8-14/h4-12,17,19H,13H2,1-3H3. The Morgan fingerprint density at radius 2 is 1.55 bits per heavy atom. The van der Waals surface area contributed by atoms with Gasteiger partial charge in [0.25, 0.3) is 0 Å². The zero-order chi connectivity index (χ0) is 14.6. The number of hydrogen-bond acceptors (Lipinski definition) is 2. The van der Waals surface area contributed by atoms with E-state index in [-0.39, 0.29) is 5.41 Å². The van der Waals surface area contributed by atoms with Crippen LogP contribution in [0.15, 0.2) is 54.6 Å². The number of hydrogen-bond donors (Lipinski definition) is 1. The minimum absolute atomic E-state index is 0.160. The number of aliphatic hydroxyl groups excluding tert-OH is 1. The first kappa shape index (κ1) is 14.6. The monoisotopic (exact) mass is 270 g/mol. The molecule has 0 fully saturated rings. The molecule has 1 N–H and O–H groups in total. The summed E-state index contributed by atoms with van der Waals surface area (Å²) in [6.07, 6.45) is -0.467. The molecule has 0 radical (unpaired) electrons. The molecule has 2 aromatic carbocycles. The van der Waals surface area contributed by atoms with Gasteiger partial charge in [0.05, 0.1) is 6.10 Å². The SMILES string of the molecule is CC(C)(C)C(O)c1ccc(OCc2ccccc2)cc1. The summed E-state index contributed by atoms with van der Waals surface area (Å²) in [6, 6.07) is 17.7. The lowest BCUT2D eigenvalue weighted by Gasteiger charge is -2.26. The molecule has 0 aliphatic rings. The summed E-state index contributed by atoms with van der Waals surface area (Å²) in [4.78, 5) is 0. The molecule has 0 heterocycles. The molecule has 0 aromatic heterocycles. The molecular weight excluding hydrogens is 248 g/mol. The molecule has 0 aliphatic heterocycles. The number of rotatable bonds is 4. The second-order valence-corrected chi connectivity index (χ2v) is 6.11. The second kappa shape index (κ2) is 6.10. The van der Waals surface area contributed by atoms with Crippen molar-refractivity contribution in [3.8, 4) is 5.75 Å². The van der Waals surface area contributed by atoms with Gasteiger partial charge in [-0.15, -0.1) is 0 Å². The molecule has 0 saturated heterocycles. The van der Waals surface area contributed by atoms with Crippen LogP contribution in [0.3, 0.4) is 0 Å². The van der Waals surface area contributed by atoms with Crippen LogP contribution in [0.2, 0.25) is 0 Å². The minimum atomic E-state index is -0.467. The maximum atomic E-state index is 10.2. The van der Waals surface area contributed by atoms with Gasteiger partial charge in [-0.1, -0.05) is 63.2 Å². The van der Waals surface area contributed by atoms with E-state index in [1.807, 2.05) is 75.4 Å². The second-order valence-electron chi connectivity index (χ2n) is 6.11. The predicted octanol–water partition coefficient (Wildman–Crippen LogP) is 4.35. The van der Waals surface area contributed by atoms with E-state index in [9.17, 15) is 5.11 Å². The molecule has 20 heavy (non-hydrogen) atoms. The largest absolute Gasteiger partial charge is 0.489 e. The van der Waals surface area contributed by atoms with Gasteiger partial charge in [0.15, 0.2) is 0 Å².